The maximum absolute atomic E-state index is 12.8. The fourth-order valence-electron chi connectivity index (χ4n) is 2.41. The lowest BCUT2D eigenvalue weighted by Crippen LogP contribution is -2.22. The average Bonchev–Trinajstić information content (AvgIpc) is 3.22. The lowest BCUT2D eigenvalue weighted by Gasteiger charge is -2.09. The lowest BCUT2D eigenvalue weighted by molar-refractivity contribution is 0.672. The molecule has 0 aromatic carbocycles. The molecule has 0 aliphatic rings. The summed E-state index contributed by atoms with van der Waals surface area (Å²) in [6.45, 7) is 10.6. The smallest absolute Gasteiger partial charge is 0.263 e. The number of aryl methyl sites for hydroxylation is 1. The van der Waals surface area contributed by atoms with E-state index in [1.165, 1.54) is 4.88 Å². The topological polar surface area (TPSA) is 47.8 Å². The Morgan fingerprint density at radius 2 is 2.20 bits per heavy atom. The van der Waals surface area contributed by atoms with Crippen molar-refractivity contribution in [3.05, 3.63) is 50.0 Å². The van der Waals surface area contributed by atoms with Crippen LogP contribution in [-0.2, 0) is 18.7 Å². The van der Waals surface area contributed by atoms with Gasteiger partial charge in [-0.05, 0) is 12.5 Å². The van der Waals surface area contributed by atoms with Gasteiger partial charge in [-0.1, -0.05) is 38.6 Å². The van der Waals surface area contributed by atoms with Crippen LogP contribution in [0.4, 0.5) is 0 Å². The number of rotatable bonds is 7. The van der Waals surface area contributed by atoms with Crippen molar-refractivity contribution in [2.45, 2.75) is 50.6 Å². The molecule has 0 spiro atoms. The second-order valence-corrected chi connectivity index (χ2v) is 8.95. The third-order valence-corrected chi connectivity index (χ3v) is 7.12. The average molecular weight is 392 g/mol. The van der Waals surface area contributed by atoms with E-state index in [9.17, 15) is 4.79 Å². The molecule has 0 saturated heterocycles. The van der Waals surface area contributed by atoms with Crippen LogP contribution in [0.25, 0.3) is 10.2 Å². The Morgan fingerprint density at radius 1 is 1.40 bits per heavy atom. The number of aromatic nitrogens is 3. The van der Waals surface area contributed by atoms with Crippen LogP contribution < -0.4 is 5.56 Å². The van der Waals surface area contributed by atoms with Gasteiger partial charge in [0.2, 0.25) is 0 Å². The SMILES string of the molecule is C=CCn1c(SCc2csc(C(C)C)n2)nc2sc(CC)cc2c1=O. The van der Waals surface area contributed by atoms with Gasteiger partial charge in [0, 0.05) is 28.5 Å². The molecule has 132 valence electrons. The molecule has 3 aromatic rings. The maximum Gasteiger partial charge on any atom is 0.263 e. The molecule has 0 aliphatic carbocycles. The standard InChI is InChI=1S/C18H21N3OS3/c1-5-7-21-17(22)14-8-13(6-2)25-16(14)20-18(21)24-10-12-9-23-15(19-12)11(3)4/h5,8-9,11H,1,6-7,10H2,2-4H3. The van der Waals surface area contributed by atoms with E-state index < -0.39 is 0 Å². The van der Waals surface area contributed by atoms with Crippen LogP contribution in [0, 0.1) is 0 Å². The van der Waals surface area contributed by atoms with E-state index in [4.69, 9.17) is 4.98 Å². The summed E-state index contributed by atoms with van der Waals surface area (Å²) in [6, 6.07) is 1.97. The summed E-state index contributed by atoms with van der Waals surface area (Å²) in [5, 5.41) is 4.69. The quantitative estimate of drug-likeness (QED) is 0.320. The maximum atomic E-state index is 12.8. The Bertz CT molecular complexity index is 952. The fraction of sp³-hybridized carbons (Fsp3) is 0.389. The number of nitrogens with zero attached hydrogens (tertiary/aromatic N) is 3. The second kappa shape index (κ2) is 7.85. The number of hydrogen-bond donors (Lipinski definition) is 0. The van der Waals surface area contributed by atoms with E-state index in [2.05, 4.69) is 37.7 Å². The zero-order valence-electron chi connectivity index (χ0n) is 14.6. The molecule has 3 heterocycles. The van der Waals surface area contributed by atoms with E-state index in [1.807, 2.05) is 6.07 Å². The van der Waals surface area contributed by atoms with Crippen molar-refractivity contribution < 1.29 is 0 Å². The van der Waals surface area contributed by atoms with E-state index in [0.29, 0.717) is 23.6 Å². The van der Waals surface area contributed by atoms with Gasteiger partial charge >= 0.3 is 0 Å². The van der Waals surface area contributed by atoms with Gasteiger partial charge in [-0.25, -0.2) is 9.97 Å². The van der Waals surface area contributed by atoms with Gasteiger partial charge in [-0.2, -0.15) is 0 Å². The van der Waals surface area contributed by atoms with Gasteiger partial charge in [-0.15, -0.1) is 29.3 Å². The van der Waals surface area contributed by atoms with E-state index >= 15 is 0 Å². The summed E-state index contributed by atoms with van der Waals surface area (Å²) in [7, 11) is 0. The largest absolute Gasteiger partial charge is 0.283 e. The van der Waals surface area contributed by atoms with Gasteiger partial charge in [-0.3, -0.25) is 9.36 Å². The molecule has 0 atom stereocenters. The highest BCUT2D eigenvalue weighted by Crippen LogP contribution is 2.28. The highest BCUT2D eigenvalue weighted by molar-refractivity contribution is 7.98. The first-order valence-corrected chi connectivity index (χ1v) is 10.9. The Hall–Kier alpha value is -1.44. The van der Waals surface area contributed by atoms with Crippen molar-refractivity contribution in [3.8, 4) is 0 Å². The summed E-state index contributed by atoms with van der Waals surface area (Å²) in [6.07, 6.45) is 2.66. The van der Waals surface area contributed by atoms with Crippen LogP contribution >= 0.6 is 34.4 Å². The first-order valence-electron chi connectivity index (χ1n) is 8.24. The van der Waals surface area contributed by atoms with Crippen LogP contribution in [0.3, 0.4) is 0 Å². The molecule has 0 amide bonds. The molecule has 4 nitrogen and oxygen atoms in total. The zero-order valence-corrected chi connectivity index (χ0v) is 17.1. The minimum absolute atomic E-state index is 0.0181. The van der Waals surface area contributed by atoms with Crippen LogP contribution in [0.2, 0.25) is 0 Å². The summed E-state index contributed by atoms with van der Waals surface area (Å²) in [4.78, 5) is 24.3. The number of allylic oxidation sites excluding steroid dienone is 1. The molecule has 0 aliphatic heterocycles. The summed E-state index contributed by atoms with van der Waals surface area (Å²) in [5.74, 6) is 1.15. The molecule has 25 heavy (non-hydrogen) atoms. The highest BCUT2D eigenvalue weighted by atomic mass is 32.2. The zero-order chi connectivity index (χ0) is 18.0. The summed E-state index contributed by atoms with van der Waals surface area (Å²) < 4.78 is 1.71. The molecule has 0 bridgehead atoms. The number of thioether (sulfide) groups is 1. The Morgan fingerprint density at radius 3 is 2.84 bits per heavy atom. The molecule has 3 rings (SSSR count). The van der Waals surface area contributed by atoms with E-state index in [-0.39, 0.29) is 5.56 Å². The van der Waals surface area contributed by atoms with Crippen molar-refractivity contribution >= 4 is 44.7 Å². The predicted molar refractivity (Wildman–Crippen MR) is 109 cm³/mol. The molecule has 0 N–H and O–H groups in total. The Labute approximate surface area is 159 Å². The van der Waals surface area contributed by atoms with Crippen molar-refractivity contribution in [1.82, 2.24) is 14.5 Å². The molecule has 0 fully saturated rings. The van der Waals surface area contributed by atoms with Crippen molar-refractivity contribution in [3.63, 3.8) is 0 Å². The van der Waals surface area contributed by atoms with Crippen molar-refractivity contribution in [1.29, 1.82) is 0 Å². The molecule has 0 radical (unpaired) electrons. The molecule has 0 saturated carbocycles. The Kier molecular flexibility index (Phi) is 5.76. The van der Waals surface area contributed by atoms with E-state index in [0.717, 1.165) is 27.1 Å². The van der Waals surface area contributed by atoms with Gasteiger partial charge in [0.25, 0.3) is 5.56 Å². The van der Waals surface area contributed by atoms with Crippen LogP contribution in [0.15, 0.2) is 34.1 Å². The first-order chi connectivity index (χ1) is 12.0. The van der Waals surface area contributed by atoms with Gasteiger partial charge in [0.05, 0.1) is 16.1 Å². The van der Waals surface area contributed by atoms with Gasteiger partial charge in [0.1, 0.15) is 4.83 Å². The Balaban J connectivity index is 1.94. The van der Waals surface area contributed by atoms with Crippen molar-refractivity contribution in [2.24, 2.45) is 0 Å². The summed E-state index contributed by atoms with van der Waals surface area (Å²) >= 11 is 4.86. The normalized spacial score (nSPS) is 11.5. The van der Waals surface area contributed by atoms with Gasteiger partial charge in [0.15, 0.2) is 5.16 Å². The molecule has 3 aromatic heterocycles. The van der Waals surface area contributed by atoms with Crippen LogP contribution in [-0.4, -0.2) is 14.5 Å². The third kappa shape index (κ3) is 3.88. The number of fused-ring (bicyclic) bond motifs is 1. The third-order valence-electron chi connectivity index (χ3n) is 3.74. The first kappa shape index (κ1) is 18.4. The molecule has 0 unspecified atom stereocenters. The number of thiazole rings is 1. The van der Waals surface area contributed by atoms with Crippen LogP contribution in [0.5, 0.6) is 0 Å². The molecule has 7 heteroatoms. The van der Waals surface area contributed by atoms with E-state index in [1.54, 1.807) is 45.1 Å². The second-order valence-electron chi connectivity index (χ2n) is 6.00. The predicted octanol–water partition coefficient (Wildman–Crippen LogP) is 5.08. The highest BCUT2D eigenvalue weighted by Gasteiger charge is 2.14. The number of thiophene rings is 1. The van der Waals surface area contributed by atoms with Crippen molar-refractivity contribution in [2.75, 3.05) is 0 Å². The summed E-state index contributed by atoms with van der Waals surface area (Å²) in [5.41, 5.74) is 1.06. The number of hydrogen-bond acceptors (Lipinski definition) is 6. The lowest BCUT2D eigenvalue weighted by atomic mass is 10.2. The molecular weight excluding hydrogens is 370 g/mol. The monoisotopic (exact) mass is 391 g/mol. The molecular formula is C18H21N3OS3. The fourth-order valence-corrected chi connectivity index (χ4v) is 5.26. The van der Waals surface area contributed by atoms with Gasteiger partial charge < -0.3 is 0 Å². The minimum atomic E-state index is 0.0181. The minimum Gasteiger partial charge on any atom is -0.283 e. The van der Waals surface area contributed by atoms with Crippen LogP contribution in [0.1, 0.15) is 42.3 Å².